The molecule has 11 heteroatoms. The second-order valence-corrected chi connectivity index (χ2v) is 5.54. The number of rotatable bonds is 2. The average molecular weight is 377 g/mol. The van der Waals surface area contributed by atoms with Crippen LogP contribution < -0.4 is 10.5 Å². The molecule has 0 spiro atoms. The number of hydrogen-bond acceptors (Lipinski definition) is 3. The lowest BCUT2D eigenvalue weighted by Crippen LogP contribution is -2.28. The van der Waals surface area contributed by atoms with E-state index in [2.05, 4.69) is 4.98 Å². The van der Waals surface area contributed by atoms with Crippen molar-refractivity contribution in [2.24, 2.45) is 0 Å². The highest BCUT2D eigenvalue weighted by Gasteiger charge is 2.38. The number of aromatic nitrogens is 2. The predicted octanol–water partition coefficient (Wildman–Crippen LogP) is 2.83. The fraction of sp³-hybridized carbons (Fsp3) is 0.267. The minimum atomic E-state index is -4.87. The third-order valence-electron chi connectivity index (χ3n) is 3.74. The number of benzene rings is 1. The van der Waals surface area contributed by atoms with Crippen molar-refractivity contribution in [3.05, 3.63) is 57.5 Å². The maximum Gasteiger partial charge on any atom is 0.433 e. The summed E-state index contributed by atoms with van der Waals surface area (Å²) < 4.78 is 76.9. The molecule has 0 N–H and O–H groups in total. The molecule has 0 atom stereocenters. The zero-order valence-electron chi connectivity index (χ0n) is 12.7. The molecule has 2 heterocycles. The Hall–Kier alpha value is -2.85. The topological polar surface area (TPSA) is 55.2 Å². The summed E-state index contributed by atoms with van der Waals surface area (Å²) in [5, 5.41) is 0. The number of alkyl halides is 6. The lowest BCUT2D eigenvalue weighted by atomic mass is 10.1. The van der Waals surface area contributed by atoms with Crippen LogP contribution >= 0.6 is 0 Å². The molecule has 0 unspecified atom stereocenters. The summed E-state index contributed by atoms with van der Waals surface area (Å²) in [4.78, 5) is 28.0. The molecular weight excluding hydrogens is 368 g/mol. The van der Waals surface area contributed by atoms with Gasteiger partial charge in [-0.05, 0) is 17.7 Å². The second-order valence-electron chi connectivity index (χ2n) is 5.54. The first-order valence-corrected chi connectivity index (χ1v) is 7.12. The number of amides is 1. The molecule has 1 aliphatic rings. The van der Waals surface area contributed by atoms with Crippen molar-refractivity contribution in [2.45, 2.75) is 25.4 Å². The van der Waals surface area contributed by atoms with Gasteiger partial charge in [0.15, 0.2) is 5.69 Å². The molecule has 26 heavy (non-hydrogen) atoms. The highest BCUT2D eigenvalue weighted by atomic mass is 19.4. The summed E-state index contributed by atoms with van der Waals surface area (Å²) in [7, 11) is 0. The Labute approximate surface area is 141 Å². The van der Waals surface area contributed by atoms with Crippen molar-refractivity contribution in [3.63, 3.8) is 0 Å². The minimum Gasteiger partial charge on any atom is -0.276 e. The maximum absolute atomic E-state index is 12.8. The van der Waals surface area contributed by atoms with E-state index in [1.54, 1.807) is 0 Å². The summed E-state index contributed by atoms with van der Waals surface area (Å²) >= 11 is 0. The van der Waals surface area contributed by atoms with Gasteiger partial charge in [0.1, 0.15) is 6.54 Å². The highest BCUT2D eigenvalue weighted by molar-refractivity contribution is 5.94. The third-order valence-corrected chi connectivity index (χ3v) is 3.74. The SMILES string of the molecule is O=C1Cn2c(nc(C(F)(F)F)cc2=O)N1Cc1ccc(C(F)(F)F)cc1. The largest absolute Gasteiger partial charge is 0.433 e. The van der Waals surface area contributed by atoms with Crippen molar-refractivity contribution in [3.8, 4) is 0 Å². The first kappa shape index (κ1) is 18.0. The van der Waals surface area contributed by atoms with Gasteiger partial charge in [-0.15, -0.1) is 0 Å². The molecule has 1 aromatic heterocycles. The number of nitrogens with zero attached hydrogens (tertiary/aromatic N) is 3. The Morgan fingerprint density at radius 3 is 2.12 bits per heavy atom. The first-order chi connectivity index (χ1) is 12.0. The molecule has 0 saturated carbocycles. The fourth-order valence-corrected chi connectivity index (χ4v) is 2.47. The molecule has 0 bridgehead atoms. The molecule has 0 radical (unpaired) electrons. The molecule has 138 valence electrons. The molecule has 0 saturated heterocycles. The van der Waals surface area contributed by atoms with Crippen LogP contribution in [0.3, 0.4) is 0 Å². The molecule has 0 aliphatic carbocycles. The molecule has 5 nitrogen and oxygen atoms in total. The van der Waals surface area contributed by atoms with Gasteiger partial charge < -0.3 is 0 Å². The quantitative estimate of drug-likeness (QED) is 0.757. The van der Waals surface area contributed by atoms with E-state index in [-0.39, 0.29) is 12.1 Å². The van der Waals surface area contributed by atoms with Crippen LogP contribution in [-0.4, -0.2) is 15.5 Å². The zero-order chi connectivity index (χ0) is 19.3. The van der Waals surface area contributed by atoms with Gasteiger partial charge in [-0.1, -0.05) is 12.1 Å². The molecule has 1 aromatic carbocycles. The van der Waals surface area contributed by atoms with E-state index in [1.807, 2.05) is 0 Å². The van der Waals surface area contributed by atoms with Gasteiger partial charge in [0.2, 0.25) is 11.9 Å². The van der Waals surface area contributed by atoms with Crippen LogP contribution in [0.2, 0.25) is 0 Å². The lowest BCUT2D eigenvalue weighted by Gasteiger charge is -2.17. The van der Waals surface area contributed by atoms with Crippen LogP contribution in [0.15, 0.2) is 35.1 Å². The van der Waals surface area contributed by atoms with Gasteiger partial charge in [-0.3, -0.25) is 19.1 Å². The van der Waals surface area contributed by atoms with Crippen LogP contribution in [0.5, 0.6) is 0 Å². The summed E-state index contributed by atoms with van der Waals surface area (Å²) in [6, 6.07) is 4.08. The van der Waals surface area contributed by atoms with Crippen LogP contribution in [0.25, 0.3) is 0 Å². The summed E-state index contributed by atoms with van der Waals surface area (Å²) in [6.07, 6.45) is -9.41. The monoisotopic (exact) mass is 377 g/mol. The van der Waals surface area contributed by atoms with E-state index >= 15 is 0 Å². The van der Waals surface area contributed by atoms with Crippen LogP contribution in [0.4, 0.5) is 32.3 Å². The number of fused-ring (bicyclic) bond motifs is 1. The number of halogens is 6. The third kappa shape index (κ3) is 3.28. The van der Waals surface area contributed by atoms with Crippen LogP contribution in [-0.2, 0) is 30.2 Å². The Balaban J connectivity index is 1.95. The average Bonchev–Trinajstić information content (AvgIpc) is 2.83. The van der Waals surface area contributed by atoms with Crippen molar-refractivity contribution >= 4 is 11.9 Å². The van der Waals surface area contributed by atoms with Gasteiger partial charge in [-0.2, -0.15) is 26.3 Å². The van der Waals surface area contributed by atoms with Gasteiger partial charge in [-0.25, -0.2) is 4.98 Å². The highest BCUT2D eigenvalue weighted by Crippen LogP contribution is 2.31. The van der Waals surface area contributed by atoms with E-state index in [0.717, 1.165) is 33.7 Å². The first-order valence-electron chi connectivity index (χ1n) is 7.12. The van der Waals surface area contributed by atoms with Gasteiger partial charge in [0, 0.05) is 6.07 Å². The van der Waals surface area contributed by atoms with E-state index in [4.69, 9.17) is 0 Å². The standard InChI is InChI=1S/C15H9F6N3O2/c16-14(17,18)9-3-1-8(2-4-9)6-23-12(26)7-24-11(25)5-10(15(19,20)21)22-13(23)24/h1-5H,6-7H2. The van der Waals surface area contributed by atoms with Crippen molar-refractivity contribution in [2.75, 3.05) is 4.90 Å². The summed E-state index contributed by atoms with van der Waals surface area (Å²) in [6.45, 7) is -0.801. The minimum absolute atomic E-state index is 0.242. The van der Waals surface area contributed by atoms with Gasteiger partial charge in [0.25, 0.3) is 5.56 Å². The number of carbonyl (C=O) groups is 1. The second kappa shape index (κ2) is 5.85. The van der Waals surface area contributed by atoms with Crippen LogP contribution in [0, 0.1) is 0 Å². The van der Waals surface area contributed by atoms with E-state index < -0.39 is 47.6 Å². The Morgan fingerprint density at radius 2 is 1.58 bits per heavy atom. The Morgan fingerprint density at radius 1 is 0.962 bits per heavy atom. The predicted molar refractivity (Wildman–Crippen MR) is 76.1 cm³/mol. The van der Waals surface area contributed by atoms with Crippen molar-refractivity contribution < 1.29 is 31.1 Å². The summed E-state index contributed by atoms with van der Waals surface area (Å²) in [5.74, 6) is -1.18. The van der Waals surface area contributed by atoms with E-state index in [1.165, 1.54) is 0 Å². The molecule has 2 aromatic rings. The van der Waals surface area contributed by atoms with Gasteiger partial charge >= 0.3 is 12.4 Å². The zero-order valence-corrected chi connectivity index (χ0v) is 12.7. The normalized spacial score (nSPS) is 14.7. The van der Waals surface area contributed by atoms with Crippen molar-refractivity contribution in [1.29, 1.82) is 0 Å². The number of carbonyl (C=O) groups excluding carboxylic acids is 1. The lowest BCUT2D eigenvalue weighted by molar-refractivity contribution is -0.141. The summed E-state index contributed by atoms with van der Waals surface area (Å²) in [5.41, 5.74) is -3.14. The van der Waals surface area contributed by atoms with E-state index in [0.29, 0.717) is 6.07 Å². The fourth-order valence-electron chi connectivity index (χ4n) is 2.47. The molecule has 1 amide bonds. The van der Waals surface area contributed by atoms with Crippen LogP contribution in [0.1, 0.15) is 16.8 Å². The van der Waals surface area contributed by atoms with Gasteiger partial charge in [0.05, 0.1) is 12.1 Å². The maximum atomic E-state index is 12.8. The smallest absolute Gasteiger partial charge is 0.276 e. The van der Waals surface area contributed by atoms with E-state index in [9.17, 15) is 35.9 Å². The molecule has 1 aliphatic heterocycles. The Kier molecular flexibility index (Phi) is 4.04. The molecule has 0 fully saturated rings. The number of anilines is 1. The van der Waals surface area contributed by atoms with Crippen molar-refractivity contribution in [1.82, 2.24) is 9.55 Å². The number of hydrogen-bond donors (Lipinski definition) is 0. The molecule has 3 rings (SSSR count). The molecular formula is C15H9F6N3O2. The Bertz CT molecular complexity index is 915.